The van der Waals surface area contributed by atoms with Crippen molar-refractivity contribution in [2.75, 3.05) is 18.4 Å². The van der Waals surface area contributed by atoms with E-state index >= 15 is 0 Å². The number of nitrogens with one attached hydrogen (secondary N) is 1. The van der Waals surface area contributed by atoms with Crippen molar-refractivity contribution in [3.05, 3.63) is 63.0 Å². The van der Waals surface area contributed by atoms with E-state index in [2.05, 4.69) is 5.32 Å². The van der Waals surface area contributed by atoms with Crippen molar-refractivity contribution >= 4 is 62.1 Å². The lowest BCUT2D eigenvalue weighted by Crippen LogP contribution is -2.26. The zero-order valence-electron chi connectivity index (χ0n) is 14.3. The highest BCUT2D eigenvalue weighted by Gasteiger charge is 2.21. The van der Waals surface area contributed by atoms with Crippen LogP contribution in [0.5, 0.6) is 0 Å². The zero-order valence-corrected chi connectivity index (χ0v) is 16.6. The number of thiophene rings is 1. The molecule has 1 fully saturated rings. The molecule has 0 bridgehead atoms. The molecule has 2 amide bonds. The van der Waals surface area contributed by atoms with Crippen LogP contribution in [0.2, 0.25) is 10.0 Å². The standard InChI is InChI=1S/C20H16Cl2N2O2S/c21-13-3-5-15(16(22)11-13)19(25)23-14-4-6-17-12(9-14)10-18(27-17)20(26)24-7-1-2-8-24/h3-6,9-11H,1-2,7-8H2,(H,23,25). The van der Waals surface area contributed by atoms with E-state index in [1.807, 2.05) is 29.2 Å². The number of nitrogens with zero attached hydrogens (tertiary/aromatic N) is 1. The molecule has 1 aliphatic rings. The van der Waals surface area contributed by atoms with Crippen LogP contribution < -0.4 is 5.32 Å². The average Bonchev–Trinajstić information content (AvgIpc) is 3.30. The van der Waals surface area contributed by atoms with E-state index in [0.717, 1.165) is 40.9 Å². The van der Waals surface area contributed by atoms with E-state index < -0.39 is 0 Å². The summed E-state index contributed by atoms with van der Waals surface area (Å²) in [6.45, 7) is 1.66. The molecule has 0 radical (unpaired) electrons. The molecule has 3 aromatic rings. The fourth-order valence-corrected chi connectivity index (χ4v) is 4.68. The molecule has 0 unspecified atom stereocenters. The Hall–Kier alpha value is -2.08. The van der Waals surface area contributed by atoms with Gasteiger partial charge >= 0.3 is 0 Å². The molecule has 1 aliphatic heterocycles. The van der Waals surface area contributed by atoms with E-state index in [4.69, 9.17) is 23.2 Å². The molecule has 0 saturated carbocycles. The summed E-state index contributed by atoms with van der Waals surface area (Å²) in [6.07, 6.45) is 2.14. The maximum Gasteiger partial charge on any atom is 0.263 e. The molecule has 4 nitrogen and oxygen atoms in total. The number of hydrogen-bond acceptors (Lipinski definition) is 3. The Bertz CT molecular complexity index is 1040. The number of hydrogen-bond donors (Lipinski definition) is 1. The van der Waals surface area contributed by atoms with Gasteiger partial charge in [-0.2, -0.15) is 0 Å². The van der Waals surface area contributed by atoms with Gasteiger partial charge in [0, 0.05) is 28.5 Å². The molecular weight excluding hydrogens is 403 g/mol. The summed E-state index contributed by atoms with van der Waals surface area (Å²) in [5.41, 5.74) is 1.01. The van der Waals surface area contributed by atoms with Gasteiger partial charge in [-0.25, -0.2) is 0 Å². The van der Waals surface area contributed by atoms with Crippen LogP contribution in [0.15, 0.2) is 42.5 Å². The third-order valence-electron chi connectivity index (χ3n) is 4.55. The third-order valence-corrected chi connectivity index (χ3v) is 6.21. The molecular formula is C20H16Cl2N2O2S. The number of amides is 2. The van der Waals surface area contributed by atoms with Crippen molar-refractivity contribution in [3.8, 4) is 0 Å². The topological polar surface area (TPSA) is 49.4 Å². The fraction of sp³-hybridized carbons (Fsp3) is 0.200. The van der Waals surface area contributed by atoms with Gasteiger partial charge in [0.2, 0.25) is 0 Å². The van der Waals surface area contributed by atoms with Gasteiger partial charge in [-0.3, -0.25) is 9.59 Å². The molecule has 138 valence electrons. The molecule has 4 rings (SSSR count). The van der Waals surface area contributed by atoms with Crippen molar-refractivity contribution < 1.29 is 9.59 Å². The number of rotatable bonds is 3. The molecule has 1 saturated heterocycles. The fourth-order valence-electron chi connectivity index (χ4n) is 3.17. The number of carbonyl (C=O) groups excluding carboxylic acids is 2. The first-order chi connectivity index (χ1) is 13.0. The lowest BCUT2D eigenvalue weighted by atomic mass is 10.2. The van der Waals surface area contributed by atoms with Gasteiger partial charge in [-0.15, -0.1) is 11.3 Å². The number of fused-ring (bicyclic) bond motifs is 1. The maximum atomic E-state index is 12.6. The predicted molar refractivity (Wildman–Crippen MR) is 111 cm³/mol. The Morgan fingerprint density at radius 2 is 1.78 bits per heavy atom. The van der Waals surface area contributed by atoms with Crippen molar-refractivity contribution in [2.24, 2.45) is 0 Å². The SMILES string of the molecule is O=C(Nc1ccc2sc(C(=O)N3CCCC3)cc2c1)c1ccc(Cl)cc1Cl. The number of carbonyl (C=O) groups is 2. The van der Waals surface area contributed by atoms with Crippen LogP contribution in [0.3, 0.4) is 0 Å². The molecule has 0 spiro atoms. The summed E-state index contributed by atoms with van der Waals surface area (Å²) in [5.74, 6) is -0.216. The van der Waals surface area contributed by atoms with E-state index in [1.165, 1.54) is 17.4 Å². The monoisotopic (exact) mass is 418 g/mol. The van der Waals surface area contributed by atoms with Gasteiger partial charge in [-0.1, -0.05) is 23.2 Å². The minimum Gasteiger partial charge on any atom is -0.338 e. The van der Waals surface area contributed by atoms with Crippen LogP contribution >= 0.6 is 34.5 Å². The molecule has 27 heavy (non-hydrogen) atoms. The minimum absolute atomic E-state index is 0.0900. The van der Waals surface area contributed by atoms with Crippen LogP contribution in [0, 0.1) is 0 Å². The Kier molecular flexibility index (Phi) is 5.08. The van der Waals surface area contributed by atoms with E-state index in [9.17, 15) is 9.59 Å². The maximum absolute atomic E-state index is 12.6. The van der Waals surface area contributed by atoms with E-state index in [1.54, 1.807) is 12.1 Å². The summed E-state index contributed by atoms with van der Waals surface area (Å²) in [7, 11) is 0. The summed E-state index contributed by atoms with van der Waals surface area (Å²) >= 11 is 13.5. The van der Waals surface area contributed by atoms with Crippen molar-refractivity contribution in [1.29, 1.82) is 0 Å². The summed E-state index contributed by atoms with van der Waals surface area (Å²) in [4.78, 5) is 27.7. The molecule has 1 aromatic heterocycles. The first kappa shape index (κ1) is 18.3. The number of anilines is 1. The normalized spacial score (nSPS) is 13.9. The number of halogens is 2. The summed E-state index contributed by atoms with van der Waals surface area (Å²) < 4.78 is 1.01. The zero-order chi connectivity index (χ0) is 19.0. The first-order valence-corrected chi connectivity index (χ1v) is 10.2. The van der Waals surface area contributed by atoms with Crippen LogP contribution in [0.25, 0.3) is 10.1 Å². The third kappa shape index (κ3) is 3.81. The Labute approximate surface area is 170 Å². The summed E-state index contributed by atoms with van der Waals surface area (Å²) in [6, 6.07) is 12.3. The molecule has 0 atom stereocenters. The second-order valence-corrected chi connectivity index (χ2v) is 8.37. The largest absolute Gasteiger partial charge is 0.338 e. The van der Waals surface area contributed by atoms with Gasteiger partial charge in [0.1, 0.15) is 0 Å². The van der Waals surface area contributed by atoms with Crippen LogP contribution in [-0.2, 0) is 0 Å². The van der Waals surface area contributed by atoms with E-state index in [0.29, 0.717) is 21.3 Å². The average molecular weight is 419 g/mol. The minimum atomic E-state index is -0.306. The molecule has 0 aliphatic carbocycles. The van der Waals surface area contributed by atoms with Gasteiger partial charge in [0.15, 0.2) is 0 Å². The van der Waals surface area contributed by atoms with Crippen molar-refractivity contribution in [2.45, 2.75) is 12.8 Å². The number of likely N-dealkylation sites (tertiary alicyclic amines) is 1. The molecule has 2 aromatic carbocycles. The smallest absolute Gasteiger partial charge is 0.263 e. The molecule has 1 N–H and O–H groups in total. The van der Waals surface area contributed by atoms with Gasteiger partial charge in [0.25, 0.3) is 11.8 Å². The Morgan fingerprint density at radius 1 is 1.00 bits per heavy atom. The lowest BCUT2D eigenvalue weighted by molar-refractivity contribution is 0.0797. The highest BCUT2D eigenvalue weighted by Crippen LogP contribution is 2.30. The van der Waals surface area contributed by atoms with E-state index in [-0.39, 0.29) is 11.8 Å². The van der Waals surface area contributed by atoms with Gasteiger partial charge < -0.3 is 10.2 Å². The highest BCUT2D eigenvalue weighted by molar-refractivity contribution is 7.20. The van der Waals surface area contributed by atoms with Crippen molar-refractivity contribution in [3.63, 3.8) is 0 Å². The summed E-state index contributed by atoms with van der Waals surface area (Å²) in [5, 5.41) is 4.56. The second-order valence-electron chi connectivity index (χ2n) is 6.44. The van der Waals surface area contributed by atoms with Gasteiger partial charge in [-0.05, 0) is 60.7 Å². The molecule has 2 heterocycles. The highest BCUT2D eigenvalue weighted by atomic mass is 35.5. The van der Waals surface area contributed by atoms with Crippen LogP contribution in [-0.4, -0.2) is 29.8 Å². The van der Waals surface area contributed by atoms with Gasteiger partial charge in [0.05, 0.1) is 15.5 Å². The second kappa shape index (κ2) is 7.50. The lowest BCUT2D eigenvalue weighted by Gasteiger charge is -2.13. The number of benzene rings is 2. The van der Waals surface area contributed by atoms with Crippen LogP contribution in [0.1, 0.15) is 32.9 Å². The quantitative estimate of drug-likeness (QED) is 0.593. The van der Waals surface area contributed by atoms with Crippen molar-refractivity contribution in [1.82, 2.24) is 4.90 Å². The predicted octanol–water partition coefficient (Wildman–Crippen LogP) is 5.70. The molecule has 7 heteroatoms. The Balaban J connectivity index is 1.56. The Morgan fingerprint density at radius 3 is 2.52 bits per heavy atom. The van der Waals surface area contributed by atoms with Crippen LogP contribution in [0.4, 0.5) is 5.69 Å². The first-order valence-electron chi connectivity index (χ1n) is 8.60.